The van der Waals surface area contributed by atoms with E-state index in [-0.39, 0.29) is 11.9 Å². The molecule has 7 nitrogen and oxygen atoms in total. The highest BCUT2D eigenvalue weighted by atomic mass is 16.2. The lowest BCUT2D eigenvalue weighted by atomic mass is 10.0. The zero-order chi connectivity index (χ0) is 22.1. The van der Waals surface area contributed by atoms with E-state index < -0.39 is 0 Å². The van der Waals surface area contributed by atoms with Gasteiger partial charge in [0, 0.05) is 55.8 Å². The normalized spacial score (nSPS) is 14.6. The van der Waals surface area contributed by atoms with Crippen LogP contribution in [0.1, 0.15) is 23.2 Å². The van der Waals surface area contributed by atoms with Gasteiger partial charge >= 0.3 is 0 Å². The van der Waals surface area contributed by atoms with Gasteiger partial charge in [0.1, 0.15) is 5.69 Å². The average molecular weight is 427 g/mol. The van der Waals surface area contributed by atoms with Crippen molar-refractivity contribution in [2.45, 2.75) is 18.9 Å². The van der Waals surface area contributed by atoms with E-state index in [4.69, 9.17) is 0 Å². The lowest BCUT2D eigenvalue weighted by Crippen LogP contribution is -2.46. The summed E-state index contributed by atoms with van der Waals surface area (Å²) in [5.41, 5.74) is 2.52. The minimum atomic E-state index is 0.0785. The molecule has 1 aliphatic rings. The van der Waals surface area contributed by atoms with Gasteiger partial charge in [0.05, 0.1) is 5.69 Å². The quantitative estimate of drug-likeness (QED) is 0.497. The van der Waals surface area contributed by atoms with Crippen LogP contribution in [0, 0.1) is 0 Å². The van der Waals surface area contributed by atoms with Crippen LogP contribution in [-0.2, 0) is 7.05 Å². The summed E-state index contributed by atoms with van der Waals surface area (Å²) in [5.74, 6) is 0.983. The highest BCUT2D eigenvalue weighted by Crippen LogP contribution is 2.32. The van der Waals surface area contributed by atoms with Gasteiger partial charge in [-0.2, -0.15) is 5.10 Å². The van der Waals surface area contributed by atoms with Gasteiger partial charge in [-0.3, -0.25) is 9.48 Å². The number of rotatable bonds is 4. The Kier molecular flexibility index (Phi) is 5.31. The number of amides is 1. The largest absolute Gasteiger partial charge is 0.354 e. The first-order valence-electron chi connectivity index (χ1n) is 10.9. The number of nitrogens with zero attached hydrogens (tertiary/aromatic N) is 6. The summed E-state index contributed by atoms with van der Waals surface area (Å²) in [4.78, 5) is 17.0. The van der Waals surface area contributed by atoms with E-state index in [9.17, 15) is 4.79 Å². The summed E-state index contributed by atoms with van der Waals surface area (Å²) in [6, 6.07) is 19.9. The van der Waals surface area contributed by atoms with Crippen LogP contribution < -0.4 is 4.90 Å². The second-order valence-corrected chi connectivity index (χ2v) is 8.26. The van der Waals surface area contributed by atoms with Gasteiger partial charge in [-0.05, 0) is 31.0 Å². The minimum Gasteiger partial charge on any atom is -0.354 e. The molecule has 5 rings (SSSR count). The van der Waals surface area contributed by atoms with Crippen LogP contribution in [0.2, 0.25) is 0 Å². The summed E-state index contributed by atoms with van der Waals surface area (Å²) in [6.07, 6.45) is 3.57. The van der Waals surface area contributed by atoms with E-state index >= 15 is 0 Å². The van der Waals surface area contributed by atoms with Crippen LogP contribution in [-0.4, -0.2) is 57.0 Å². The standard InChI is InChI=1S/C25H26N6O/c1-29(25(32)18-8-4-3-5-9-18)19-13-16-31(17-14-19)24-21-11-7-6-10-20(21)23(27-28-24)22-12-15-26-30(22)2/h3-12,15,19H,13-14,16-17H2,1-2H3. The SMILES string of the molecule is CN(C(=O)c1ccccc1)C1CCN(c2nnc(-c3ccnn3C)c3ccccc23)CC1. The predicted octanol–water partition coefficient (Wildman–Crippen LogP) is 3.77. The third-order valence-electron chi connectivity index (χ3n) is 6.38. The summed E-state index contributed by atoms with van der Waals surface area (Å²) < 4.78 is 1.82. The van der Waals surface area contributed by atoms with E-state index in [1.165, 1.54) is 0 Å². The molecule has 3 heterocycles. The Bertz CT molecular complexity index is 1240. The Labute approximate surface area is 187 Å². The molecule has 0 aliphatic carbocycles. The van der Waals surface area contributed by atoms with Gasteiger partial charge in [-0.15, -0.1) is 10.2 Å². The number of hydrogen-bond donors (Lipinski definition) is 0. The Balaban J connectivity index is 1.37. The number of carbonyl (C=O) groups is 1. The number of fused-ring (bicyclic) bond motifs is 1. The van der Waals surface area contributed by atoms with Crippen molar-refractivity contribution >= 4 is 22.5 Å². The first-order chi connectivity index (χ1) is 15.6. The Hall–Kier alpha value is -3.74. The topological polar surface area (TPSA) is 67.2 Å². The molecule has 1 amide bonds. The zero-order valence-corrected chi connectivity index (χ0v) is 18.3. The highest BCUT2D eigenvalue weighted by molar-refractivity contribution is 5.99. The van der Waals surface area contributed by atoms with Gasteiger partial charge in [0.2, 0.25) is 0 Å². The summed E-state index contributed by atoms with van der Waals surface area (Å²) >= 11 is 0. The van der Waals surface area contributed by atoms with Crippen molar-refractivity contribution in [1.29, 1.82) is 0 Å². The number of benzene rings is 2. The monoisotopic (exact) mass is 426 g/mol. The molecule has 1 fully saturated rings. The van der Waals surface area contributed by atoms with Crippen LogP contribution >= 0.6 is 0 Å². The number of anilines is 1. The molecule has 0 N–H and O–H groups in total. The molecule has 1 saturated heterocycles. The smallest absolute Gasteiger partial charge is 0.253 e. The summed E-state index contributed by atoms with van der Waals surface area (Å²) in [6.45, 7) is 1.67. The van der Waals surface area contributed by atoms with E-state index in [0.29, 0.717) is 0 Å². The fourth-order valence-electron chi connectivity index (χ4n) is 4.53. The molecule has 4 aromatic rings. The molecule has 0 radical (unpaired) electrons. The fraction of sp³-hybridized carbons (Fsp3) is 0.280. The number of carbonyl (C=O) groups excluding carboxylic acids is 1. The minimum absolute atomic E-state index is 0.0785. The zero-order valence-electron chi connectivity index (χ0n) is 18.3. The molecule has 0 spiro atoms. The molecule has 0 saturated carbocycles. The Morgan fingerprint density at radius 3 is 2.31 bits per heavy atom. The van der Waals surface area contributed by atoms with Gasteiger partial charge in [-0.25, -0.2) is 0 Å². The van der Waals surface area contributed by atoms with Crippen LogP contribution in [0.5, 0.6) is 0 Å². The van der Waals surface area contributed by atoms with Crippen LogP contribution in [0.4, 0.5) is 5.82 Å². The average Bonchev–Trinajstić information content (AvgIpc) is 3.28. The molecule has 0 unspecified atom stereocenters. The molecule has 0 bridgehead atoms. The molecule has 0 atom stereocenters. The van der Waals surface area contributed by atoms with Gasteiger partial charge < -0.3 is 9.80 Å². The second-order valence-electron chi connectivity index (χ2n) is 8.26. The van der Waals surface area contributed by atoms with Crippen molar-refractivity contribution in [3.05, 3.63) is 72.4 Å². The maximum Gasteiger partial charge on any atom is 0.253 e. The first kappa shape index (κ1) is 20.2. The van der Waals surface area contributed by atoms with Crippen LogP contribution in [0.25, 0.3) is 22.2 Å². The van der Waals surface area contributed by atoms with Crippen molar-refractivity contribution in [3.8, 4) is 11.4 Å². The van der Waals surface area contributed by atoms with Crippen molar-refractivity contribution in [2.75, 3.05) is 25.0 Å². The molecular formula is C25H26N6O. The van der Waals surface area contributed by atoms with E-state index in [0.717, 1.165) is 59.5 Å². The maximum absolute atomic E-state index is 12.8. The van der Waals surface area contributed by atoms with Crippen LogP contribution in [0.3, 0.4) is 0 Å². The number of hydrogen-bond acceptors (Lipinski definition) is 5. The fourth-order valence-corrected chi connectivity index (χ4v) is 4.53. The molecule has 7 heteroatoms. The number of aryl methyl sites for hydroxylation is 1. The molecule has 2 aromatic heterocycles. The first-order valence-corrected chi connectivity index (χ1v) is 10.9. The second kappa shape index (κ2) is 8.42. The van der Waals surface area contributed by atoms with Crippen molar-refractivity contribution in [1.82, 2.24) is 24.9 Å². The summed E-state index contributed by atoms with van der Waals surface area (Å²) in [5, 5.41) is 15.7. The van der Waals surface area contributed by atoms with E-state index in [2.05, 4.69) is 32.3 Å². The van der Waals surface area contributed by atoms with Crippen molar-refractivity contribution in [3.63, 3.8) is 0 Å². The lowest BCUT2D eigenvalue weighted by molar-refractivity contribution is 0.0709. The van der Waals surface area contributed by atoms with Crippen molar-refractivity contribution in [2.24, 2.45) is 7.05 Å². The maximum atomic E-state index is 12.8. The van der Waals surface area contributed by atoms with E-state index in [1.54, 1.807) is 6.20 Å². The third kappa shape index (κ3) is 3.60. The Morgan fingerprint density at radius 2 is 1.62 bits per heavy atom. The summed E-state index contributed by atoms with van der Waals surface area (Å²) in [7, 11) is 3.82. The lowest BCUT2D eigenvalue weighted by Gasteiger charge is -2.37. The Morgan fingerprint density at radius 1 is 0.938 bits per heavy atom. The molecule has 162 valence electrons. The highest BCUT2D eigenvalue weighted by Gasteiger charge is 2.28. The molecule has 1 aliphatic heterocycles. The van der Waals surface area contributed by atoms with Gasteiger partial charge in [0.15, 0.2) is 5.82 Å². The number of aromatic nitrogens is 4. The molecule has 32 heavy (non-hydrogen) atoms. The van der Waals surface area contributed by atoms with Crippen molar-refractivity contribution < 1.29 is 4.79 Å². The number of piperidine rings is 1. The van der Waals surface area contributed by atoms with Crippen LogP contribution in [0.15, 0.2) is 66.9 Å². The predicted molar refractivity (Wildman–Crippen MR) is 126 cm³/mol. The van der Waals surface area contributed by atoms with Gasteiger partial charge in [0.25, 0.3) is 5.91 Å². The molecule has 2 aromatic carbocycles. The van der Waals surface area contributed by atoms with E-state index in [1.807, 2.05) is 72.2 Å². The third-order valence-corrected chi connectivity index (χ3v) is 6.38. The molecular weight excluding hydrogens is 400 g/mol. The van der Waals surface area contributed by atoms with Gasteiger partial charge in [-0.1, -0.05) is 42.5 Å².